The van der Waals surface area contributed by atoms with E-state index in [2.05, 4.69) is 4.90 Å². The molecule has 21 heavy (non-hydrogen) atoms. The Morgan fingerprint density at radius 1 is 1.29 bits per heavy atom. The Hall–Kier alpha value is -1.53. The number of aliphatic carboxylic acids is 1. The third-order valence-electron chi connectivity index (χ3n) is 4.21. The highest BCUT2D eigenvalue weighted by molar-refractivity contribution is 5.69. The zero-order valence-electron chi connectivity index (χ0n) is 12.3. The molecule has 0 aliphatic carbocycles. The van der Waals surface area contributed by atoms with Crippen LogP contribution >= 0.6 is 0 Å². The van der Waals surface area contributed by atoms with Crippen molar-refractivity contribution >= 4 is 5.97 Å². The molecule has 1 aromatic carbocycles. The maximum atomic E-state index is 14.2. The van der Waals surface area contributed by atoms with Gasteiger partial charge in [0.25, 0.3) is 0 Å². The third kappa shape index (κ3) is 3.39. The van der Waals surface area contributed by atoms with Gasteiger partial charge in [0.05, 0.1) is 12.0 Å². The largest absolute Gasteiger partial charge is 0.481 e. The van der Waals surface area contributed by atoms with Crippen molar-refractivity contribution in [2.24, 2.45) is 0 Å². The van der Waals surface area contributed by atoms with Gasteiger partial charge in [0, 0.05) is 31.7 Å². The molecule has 0 saturated carbocycles. The molecule has 6 heteroatoms. The van der Waals surface area contributed by atoms with E-state index in [0.29, 0.717) is 13.1 Å². The van der Waals surface area contributed by atoms with E-state index >= 15 is 0 Å². The molecule has 1 atom stereocenters. The summed E-state index contributed by atoms with van der Waals surface area (Å²) < 4.78 is 27.7. The lowest BCUT2D eigenvalue weighted by atomic mass is 9.85. The first-order valence-corrected chi connectivity index (χ1v) is 6.94. The summed E-state index contributed by atoms with van der Waals surface area (Å²) in [5, 5.41) is 9.20. The molecule has 0 spiro atoms. The lowest BCUT2D eigenvalue weighted by Crippen LogP contribution is -2.54. The van der Waals surface area contributed by atoms with E-state index in [1.807, 2.05) is 11.9 Å². The van der Waals surface area contributed by atoms with Crippen molar-refractivity contribution in [2.45, 2.75) is 18.9 Å². The molecule has 2 rings (SSSR count). The van der Waals surface area contributed by atoms with E-state index < -0.39 is 23.1 Å². The first-order chi connectivity index (χ1) is 9.83. The van der Waals surface area contributed by atoms with Crippen molar-refractivity contribution in [3.05, 3.63) is 35.4 Å². The third-order valence-corrected chi connectivity index (χ3v) is 4.21. The van der Waals surface area contributed by atoms with Crippen molar-refractivity contribution < 1.29 is 18.7 Å². The van der Waals surface area contributed by atoms with E-state index in [1.165, 1.54) is 0 Å². The summed E-state index contributed by atoms with van der Waals surface area (Å²) in [4.78, 5) is 15.3. The monoisotopic (exact) mass is 298 g/mol. The van der Waals surface area contributed by atoms with Gasteiger partial charge in [0.2, 0.25) is 0 Å². The van der Waals surface area contributed by atoms with E-state index in [-0.39, 0.29) is 12.0 Å². The smallest absolute Gasteiger partial charge is 0.305 e. The normalized spacial score (nSPS) is 20.2. The molecule has 0 aromatic heterocycles. The minimum atomic E-state index is -1.06. The molecule has 1 heterocycles. The fourth-order valence-corrected chi connectivity index (χ4v) is 2.88. The molecule has 1 aliphatic heterocycles. The van der Waals surface area contributed by atoms with Gasteiger partial charge in [0.1, 0.15) is 11.6 Å². The van der Waals surface area contributed by atoms with Crippen LogP contribution in [0.5, 0.6) is 0 Å². The lowest BCUT2D eigenvalue weighted by Gasteiger charge is -2.45. The van der Waals surface area contributed by atoms with Crippen molar-refractivity contribution in [1.29, 1.82) is 0 Å². The lowest BCUT2D eigenvalue weighted by molar-refractivity contribution is -0.141. The average molecular weight is 298 g/mol. The van der Waals surface area contributed by atoms with E-state index in [0.717, 1.165) is 31.3 Å². The van der Waals surface area contributed by atoms with Gasteiger partial charge in [-0.3, -0.25) is 9.69 Å². The molecule has 1 N–H and O–H groups in total. The molecule has 0 amide bonds. The Kier molecular flexibility index (Phi) is 4.58. The molecular formula is C15H20F2N2O2. The van der Waals surface area contributed by atoms with Crippen LogP contribution in [0.25, 0.3) is 0 Å². The van der Waals surface area contributed by atoms with Crippen molar-refractivity contribution in [3.8, 4) is 0 Å². The summed E-state index contributed by atoms with van der Waals surface area (Å²) in [5.41, 5.74) is -0.950. The van der Waals surface area contributed by atoms with Gasteiger partial charge in [-0.25, -0.2) is 8.78 Å². The zero-order valence-corrected chi connectivity index (χ0v) is 12.3. The van der Waals surface area contributed by atoms with Crippen LogP contribution in [0, 0.1) is 11.6 Å². The number of benzene rings is 1. The quantitative estimate of drug-likeness (QED) is 0.922. The van der Waals surface area contributed by atoms with Crippen LogP contribution < -0.4 is 0 Å². The van der Waals surface area contributed by atoms with Crippen LogP contribution in [0.1, 0.15) is 18.9 Å². The minimum Gasteiger partial charge on any atom is -0.481 e. The molecule has 0 radical (unpaired) electrons. The average Bonchev–Trinajstić information content (AvgIpc) is 2.41. The number of nitrogens with zero attached hydrogens (tertiary/aromatic N) is 2. The van der Waals surface area contributed by atoms with Gasteiger partial charge in [-0.05, 0) is 32.2 Å². The fraction of sp³-hybridized carbons (Fsp3) is 0.533. The van der Waals surface area contributed by atoms with E-state index in [4.69, 9.17) is 0 Å². The SMILES string of the molecule is CN1CCN(C(C)(CC(=O)O)c2cc(F)ccc2F)CC1. The van der Waals surface area contributed by atoms with Crippen LogP contribution in [-0.2, 0) is 10.3 Å². The number of hydrogen-bond acceptors (Lipinski definition) is 3. The predicted octanol–water partition coefficient (Wildman–Crippen LogP) is 1.90. The molecular weight excluding hydrogens is 278 g/mol. The van der Waals surface area contributed by atoms with Crippen LogP contribution in [0.2, 0.25) is 0 Å². The summed E-state index contributed by atoms with van der Waals surface area (Å²) in [6.45, 7) is 4.45. The molecule has 1 aromatic rings. The van der Waals surface area contributed by atoms with Gasteiger partial charge in [-0.15, -0.1) is 0 Å². The Labute approximate surface area is 123 Å². The number of piperazine rings is 1. The Balaban J connectivity index is 2.41. The highest BCUT2D eigenvalue weighted by Crippen LogP contribution is 2.34. The minimum absolute atomic E-state index is 0.106. The highest BCUT2D eigenvalue weighted by Gasteiger charge is 2.39. The first kappa shape index (κ1) is 15.9. The van der Waals surface area contributed by atoms with Crippen LogP contribution in [0.3, 0.4) is 0 Å². The number of hydrogen-bond donors (Lipinski definition) is 1. The number of rotatable bonds is 4. The summed E-state index contributed by atoms with van der Waals surface area (Å²) >= 11 is 0. The first-order valence-electron chi connectivity index (χ1n) is 6.94. The van der Waals surface area contributed by atoms with Gasteiger partial charge in [0.15, 0.2) is 0 Å². The second-order valence-corrected chi connectivity index (χ2v) is 5.76. The predicted molar refractivity (Wildman–Crippen MR) is 75.0 cm³/mol. The molecule has 1 aliphatic rings. The summed E-state index contributed by atoms with van der Waals surface area (Å²) in [7, 11) is 1.98. The summed E-state index contributed by atoms with van der Waals surface area (Å²) in [5.74, 6) is -2.16. The van der Waals surface area contributed by atoms with Gasteiger partial charge >= 0.3 is 5.97 Å². The van der Waals surface area contributed by atoms with E-state index in [9.17, 15) is 18.7 Å². The maximum absolute atomic E-state index is 14.2. The van der Waals surface area contributed by atoms with Crippen molar-refractivity contribution in [2.75, 3.05) is 33.2 Å². The zero-order chi connectivity index (χ0) is 15.6. The van der Waals surface area contributed by atoms with Gasteiger partial charge in [-0.2, -0.15) is 0 Å². The van der Waals surface area contributed by atoms with Gasteiger partial charge in [-0.1, -0.05) is 0 Å². The molecule has 116 valence electrons. The fourth-order valence-electron chi connectivity index (χ4n) is 2.88. The second-order valence-electron chi connectivity index (χ2n) is 5.76. The summed E-state index contributed by atoms with van der Waals surface area (Å²) in [6, 6.07) is 3.21. The Morgan fingerprint density at radius 3 is 2.48 bits per heavy atom. The van der Waals surface area contributed by atoms with Crippen molar-refractivity contribution in [1.82, 2.24) is 9.80 Å². The standard InChI is InChI=1S/C15H20F2N2O2/c1-15(10-14(20)21,19-7-5-18(2)6-8-19)12-9-11(16)3-4-13(12)17/h3-4,9H,5-8,10H2,1-2H3,(H,20,21). The number of carboxylic acids is 1. The van der Waals surface area contributed by atoms with Crippen molar-refractivity contribution in [3.63, 3.8) is 0 Å². The maximum Gasteiger partial charge on any atom is 0.305 e. The summed E-state index contributed by atoms with van der Waals surface area (Å²) in [6.07, 6.45) is -0.267. The molecule has 0 bridgehead atoms. The van der Waals surface area contributed by atoms with Gasteiger partial charge < -0.3 is 10.0 Å². The second kappa shape index (κ2) is 6.07. The topological polar surface area (TPSA) is 43.8 Å². The van der Waals surface area contributed by atoms with Crippen LogP contribution in [0.15, 0.2) is 18.2 Å². The number of likely N-dealkylation sites (N-methyl/N-ethyl adjacent to an activating group) is 1. The van der Waals surface area contributed by atoms with Crippen LogP contribution in [0.4, 0.5) is 8.78 Å². The molecule has 1 fully saturated rings. The molecule has 1 unspecified atom stereocenters. The number of carbonyl (C=O) groups is 1. The molecule has 1 saturated heterocycles. The van der Waals surface area contributed by atoms with Crippen LogP contribution in [-0.4, -0.2) is 54.1 Å². The molecule has 4 nitrogen and oxygen atoms in total. The van der Waals surface area contributed by atoms with E-state index in [1.54, 1.807) is 6.92 Å². The highest BCUT2D eigenvalue weighted by atomic mass is 19.1. The Morgan fingerprint density at radius 2 is 1.90 bits per heavy atom. The number of carboxylic acid groups (broad SMARTS) is 1. The number of halogens is 2. The Bertz CT molecular complexity index is 530.